The van der Waals surface area contributed by atoms with Crippen LogP contribution in [0.1, 0.15) is 49.7 Å². The Hall–Kier alpha value is -1.62. The molecule has 0 aromatic heterocycles. The minimum absolute atomic E-state index is 0.250. The molecule has 0 saturated heterocycles. The summed E-state index contributed by atoms with van der Waals surface area (Å²) < 4.78 is 24.8. The van der Waals surface area contributed by atoms with Crippen molar-refractivity contribution in [3.63, 3.8) is 0 Å². The molecule has 23 heavy (non-hydrogen) atoms. The zero-order valence-electron chi connectivity index (χ0n) is 13.3. The van der Waals surface area contributed by atoms with Crippen LogP contribution in [0.3, 0.4) is 0 Å². The summed E-state index contributed by atoms with van der Waals surface area (Å²) in [6.45, 7) is 1.74. The standard InChI is InChI=1S/C18H22O4S/c1-12-10-14(6-9-17(12)23(21,22)15-7-8-15)16(18(19)20)11-13-4-2-3-5-13/h6,9-11,13,15H,2-5,7-8H2,1H3,(H,19,20)/b16-11+. The Bertz CT molecular complexity index is 751. The molecular formula is C18H22O4S. The number of aliphatic carboxylic acids is 1. The summed E-state index contributed by atoms with van der Waals surface area (Å²) in [5.74, 6) is -0.634. The molecule has 4 nitrogen and oxygen atoms in total. The minimum atomic E-state index is -3.25. The lowest BCUT2D eigenvalue weighted by Gasteiger charge is -2.11. The van der Waals surface area contributed by atoms with E-state index in [-0.39, 0.29) is 10.8 Å². The number of benzene rings is 1. The SMILES string of the molecule is Cc1cc(/C(=C\C2CCCC2)C(=O)O)ccc1S(=O)(=O)C1CC1. The van der Waals surface area contributed by atoms with Crippen molar-refractivity contribution < 1.29 is 18.3 Å². The van der Waals surface area contributed by atoms with E-state index < -0.39 is 15.8 Å². The summed E-state index contributed by atoms with van der Waals surface area (Å²) in [6, 6.07) is 4.91. The average Bonchev–Trinajstić information content (AvgIpc) is 3.23. The minimum Gasteiger partial charge on any atom is -0.478 e. The van der Waals surface area contributed by atoms with Crippen LogP contribution in [-0.4, -0.2) is 24.7 Å². The van der Waals surface area contributed by atoms with E-state index in [1.165, 1.54) is 0 Å². The largest absolute Gasteiger partial charge is 0.478 e. The lowest BCUT2D eigenvalue weighted by atomic mass is 9.98. The maximum Gasteiger partial charge on any atom is 0.335 e. The molecule has 5 heteroatoms. The fraction of sp³-hybridized carbons (Fsp3) is 0.500. The van der Waals surface area contributed by atoms with Crippen molar-refractivity contribution in [2.24, 2.45) is 5.92 Å². The van der Waals surface area contributed by atoms with Gasteiger partial charge in [0.05, 0.1) is 15.7 Å². The Balaban J connectivity index is 1.95. The van der Waals surface area contributed by atoms with E-state index in [4.69, 9.17) is 0 Å². The summed E-state index contributed by atoms with van der Waals surface area (Å²) >= 11 is 0. The van der Waals surface area contributed by atoms with Crippen LogP contribution >= 0.6 is 0 Å². The molecule has 2 aliphatic rings. The second-order valence-corrected chi connectivity index (χ2v) is 8.85. The van der Waals surface area contributed by atoms with E-state index >= 15 is 0 Å². The van der Waals surface area contributed by atoms with Gasteiger partial charge >= 0.3 is 5.97 Å². The predicted molar refractivity (Wildman–Crippen MR) is 89.0 cm³/mol. The van der Waals surface area contributed by atoms with Gasteiger partial charge in [-0.2, -0.15) is 0 Å². The first-order valence-electron chi connectivity index (χ1n) is 8.19. The molecule has 1 N–H and O–H groups in total. The van der Waals surface area contributed by atoms with Crippen LogP contribution in [0.15, 0.2) is 29.2 Å². The molecule has 0 amide bonds. The molecule has 0 spiro atoms. The Kier molecular flexibility index (Phi) is 4.32. The topological polar surface area (TPSA) is 71.4 Å². The second-order valence-electron chi connectivity index (χ2n) is 6.65. The fourth-order valence-corrected chi connectivity index (χ4v) is 5.23. The number of allylic oxidation sites excluding steroid dienone is 1. The van der Waals surface area contributed by atoms with E-state index in [0.29, 0.717) is 21.9 Å². The van der Waals surface area contributed by atoms with Gasteiger partial charge in [-0.3, -0.25) is 0 Å². The Morgan fingerprint density at radius 1 is 1.17 bits per heavy atom. The van der Waals surface area contributed by atoms with Crippen LogP contribution in [0.25, 0.3) is 5.57 Å². The van der Waals surface area contributed by atoms with Crippen LogP contribution in [0.4, 0.5) is 0 Å². The van der Waals surface area contributed by atoms with Crippen molar-refractivity contribution >= 4 is 21.4 Å². The number of sulfone groups is 1. The van der Waals surface area contributed by atoms with Gasteiger partial charge in [-0.25, -0.2) is 13.2 Å². The lowest BCUT2D eigenvalue weighted by Crippen LogP contribution is -2.10. The summed E-state index contributed by atoms with van der Waals surface area (Å²) in [5, 5.41) is 9.27. The summed E-state index contributed by atoms with van der Waals surface area (Å²) in [6.07, 6.45) is 7.65. The highest BCUT2D eigenvalue weighted by molar-refractivity contribution is 7.92. The van der Waals surface area contributed by atoms with E-state index in [1.807, 2.05) is 6.08 Å². The van der Waals surface area contributed by atoms with E-state index in [9.17, 15) is 18.3 Å². The van der Waals surface area contributed by atoms with Crippen LogP contribution in [0, 0.1) is 12.8 Å². The van der Waals surface area contributed by atoms with Crippen LogP contribution < -0.4 is 0 Å². The normalized spacial score (nSPS) is 20.0. The van der Waals surface area contributed by atoms with E-state index in [1.54, 1.807) is 25.1 Å². The van der Waals surface area contributed by atoms with Gasteiger partial charge in [0.15, 0.2) is 9.84 Å². The van der Waals surface area contributed by atoms with Gasteiger partial charge in [-0.05, 0) is 61.8 Å². The molecule has 2 aliphatic carbocycles. The van der Waals surface area contributed by atoms with Crippen LogP contribution in [-0.2, 0) is 14.6 Å². The highest BCUT2D eigenvalue weighted by Gasteiger charge is 2.37. The van der Waals surface area contributed by atoms with Crippen molar-refractivity contribution in [2.45, 2.75) is 55.6 Å². The van der Waals surface area contributed by atoms with Gasteiger partial charge in [0, 0.05) is 0 Å². The molecule has 2 saturated carbocycles. The van der Waals surface area contributed by atoms with Gasteiger partial charge in [-0.1, -0.05) is 25.0 Å². The lowest BCUT2D eigenvalue weighted by molar-refractivity contribution is -0.130. The van der Waals surface area contributed by atoms with Crippen molar-refractivity contribution in [1.82, 2.24) is 0 Å². The highest BCUT2D eigenvalue weighted by Crippen LogP contribution is 2.36. The van der Waals surface area contributed by atoms with Crippen molar-refractivity contribution in [3.05, 3.63) is 35.4 Å². The molecule has 2 fully saturated rings. The maximum absolute atomic E-state index is 12.4. The average molecular weight is 334 g/mol. The van der Waals surface area contributed by atoms with Gasteiger partial charge < -0.3 is 5.11 Å². The van der Waals surface area contributed by atoms with E-state index in [0.717, 1.165) is 38.5 Å². The third kappa shape index (κ3) is 3.34. The molecule has 1 aromatic rings. The zero-order valence-corrected chi connectivity index (χ0v) is 14.1. The summed E-state index contributed by atoms with van der Waals surface area (Å²) in [4.78, 5) is 12.0. The second kappa shape index (κ2) is 6.11. The number of carboxylic acids is 1. The predicted octanol–water partition coefficient (Wildman–Crippen LogP) is 3.59. The maximum atomic E-state index is 12.4. The zero-order chi connectivity index (χ0) is 16.6. The smallest absolute Gasteiger partial charge is 0.335 e. The quantitative estimate of drug-likeness (QED) is 0.835. The van der Waals surface area contributed by atoms with Crippen molar-refractivity contribution in [1.29, 1.82) is 0 Å². The summed E-state index contributed by atoms with van der Waals surface area (Å²) in [5.41, 5.74) is 1.51. The molecule has 0 unspecified atom stereocenters. The third-order valence-corrected chi connectivity index (χ3v) is 7.21. The Labute approximate surface area is 137 Å². The van der Waals surface area contributed by atoms with Gasteiger partial charge in [-0.15, -0.1) is 0 Å². The molecule has 0 heterocycles. The van der Waals surface area contributed by atoms with Gasteiger partial charge in [0.2, 0.25) is 0 Å². The van der Waals surface area contributed by atoms with Gasteiger partial charge in [0.25, 0.3) is 0 Å². The van der Waals surface area contributed by atoms with Crippen molar-refractivity contribution in [3.8, 4) is 0 Å². The molecule has 124 valence electrons. The molecule has 1 aromatic carbocycles. The number of hydrogen-bond acceptors (Lipinski definition) is 3. The van der Waals surface area contributed by atoms with Gasteiger partial charge in [0.1, 0.15) is 0 Å². The van der Waals surface area contributed by atoms with Crippen molar-refractivity contribution in [2.75, 3.05) is 0 Å². The Morgan fingerprint density at radius 3 is 2.35 bits per heavy atom. The number of carboxylic acid groups (broad SMARTS) is 1. The van der Waals surface area contributed by atoms with Crippen LogP contribution in [0.2, 0.25) is 0 Å². The van der Waals surface area contributed by atoms with Crippen LogP contribution in [0.5, 0.6) is 0 Å². The number of aryl methyl sites for hydroxylation is 1. The summed E-state index contributed by atoms with van der Waals surface area (Å²) in [7, 11) is -3.25. The first kappa shape index (κ1) is 16.2. The molecule has 0 aliphatic heterocycles. The number of carbonyl (C=O) groups is 1. The molecule has 0 radical (unpaired) electrons. The molecule has 0 atom stereocenters. The molecular weight excluding hydrogens is 312 g/mol. The molecule has 0 bridgehead atoms. The first-order chi connectivity index (χ1) is 10.9. The highest BCUT2D eigenvalue weighted by atomic mass is 32.2. The first-order valence-corrected chi connectivity index (χ1v) is 9.74. The van der Waals surface area contributed by atoms with E-state index in [2.05, 4.69) is 0 Å². The Morgan fingerprint density at radius 2 is 1.83 bits per heavy atom. The number of hydrogen-bond donors (Lipinski definition) is 1. The molecule has 3 rings (SSSR count). The third-order valence-electron chi connectivity index (χ3n) is 4.79. The monoisotopic (exact) mass is 334 g/mol. The fourth-order valence-electron chi connectivity index (χ4n) is 3.34. The number of rotatable bonds is 5.